The zero-order chi connectivity index (χ0) is 12.4. The van der Waals surface area contributed by atoms with E-state index in [0.717, 1.165) is 6.29 Å². The van der Waals surface area contributed by atoms with Crippen LogP contribution in [0.3, 0.4) is 0 Å². The van der Waals surface area contributed by atoms with Crippen LogP contribution in [0.1, 0.15) is 9.67 Å². The number of ether oxygens (including phenoxy) is 1. The van der Waals surface area contributed by atoms with Crippen molar-refractivity contribution in [2.45, 2.75) is 0 Å². The molecule has 1 aromatic carbocycles. The lowest BCUT2D eigenvalue weighted by Gasteiger charge is -2.07. The van der Waals surface area contributed by atoms with Crippen molar-refractivity contribution in [3.8, 4) is 16.2 Å². The molecule has 2 aromatic rings. The molecule has 0 fully saturated rings. The summed E-state index contributed by atoms with van der Waals surface area (Å²) >= 11 is 1.21. The van der Waals surface area contributed by atoms with Gasteiger partial charge < -0.3 is 10.5 Å². The summed E-state index contributed by atoms with van der Waals surface area (Å²) < 4.78 is 18.9. The molecule has 0 saturated carbocycles. The first-order valence-electron chi connectivity index (χ1n) is 4.84. The van der Waals surface area contributed by atoms with Crippen molar-refractivity contribution in [2.75, 3.05) is 12.8 Å². The SMILES string of the molecule is COc1cc(N)cc(-c2ccc(C=O)s2)c1F. The smallest absolute Gasteiger partial charge is 0.173 e. The number of nitrogen functional groups attached to an aromatic ring is 1. The average Bonchev–Trinajstić information content (AvgIpc) is 2.80. The van der Waals surface area contributed by atoms with E-state index >= 15 is 0 Å². The highest BCUT2D eigenvalue weighted by atomic mass is 32.1. The van der Waals surface area contributed by atoms with Gasteiger partial charge in [0.2, 0.25) is 0 Å². The van der Waals surface area contributed by atoms with Gasteiger partial charge in [-0.15, -0.1) is 11.3 Å². The Labute approximate surface area is 102 Å². The largest absolute Gasteiger partial charge is 0.494 e. The molecule has 2 N–H and O–H groups in total. The van der Waals surface area contributed by atoms with Crippen LogP contribution in [0.2, 0.25) is 0 Å². The Morgan fingerprint density at radius 1 is 1.41 bits per heavy atom. The van der Waals surface area contributed by atoms with Crippen LogP contribution in [-0.2, 0) is 0 Å². The van der Waals surface area contributed by atoms with Crippen molar-refractivity contribution in [3.63, 3.8) is 0 Å². The maximum absolute atomic E-state index is 14.0. The number of carbonyl (C=O) groups excluding carboxylic acids is 1. The van der Waals surface area contributed by atoms with E-state index in [1.165, 1.54) is 30.6 Å². The minimum Gasteiger partial charge on any atom is -0.494 e. The van der Waals surface area contributed by atoms with Crippen LogP contribution < -0.4 is 10.5 Å². The summed E-state index contributed by atoms with van der Waals surface area (Å²) in [5, 5.41) is 0. The Morgan fingerprint density at radius 3 is 2.76 bits per heavy atom. The van der Waals surface area contributed by atoms with E-state index in [-0.39, 0.29) is 5.75 Å². The van der Waals surface area contributed by atoms with Crippen LogP contribution in [0, 0.1) is 5.82 Å². The Bertz CT molecular complexity index is 566. The van der Waals surface area contributed by atoms with Crippen LogP contribution in [0.4, 0.5) is 10.1 Å². The van der Waals surface area contributed by atoms with Crippen molar-refractivity contribution >= 4 is 23.3 Å². The third-order valence-corrected chi connectivity index (χ3v) is 3.33. The average molecular weight is 251 g/mol. The number of anilines is 1. The molecule has 1 heterocycles. The van der Waals surface area contributed by atoms with Crippen molar-refractivity contribution in [1.29, 1.82) is 0 Å². The molecule has 0 aliphatic heterocycles. The highest BCUT2D eigenvalue weighted by Crippen LogP contribution is 2.35. The van der Waals surface area contributed by atoms with Gasteiger partial charge in [0.05, 0.1) is 12.0 Å². The standard InChI is InChI=1S/C12H10FNO2S/c1-16-10-5-7(14)4-9(12(10)13)11-3-2-8(6-15)17-11/h2-6H,14H2,1H3. The van der Waals surface area contributed by atoms with Crippen LogP contribution in [0.5, 0.6) is 5.75 Å². The molecule has 3 nitrogen and oxygen atoms in total. The fraction of sp³-hybridized carbons (Fsp3) is 0.0833. The molecule has 5 heteroatoms. The van der Waals surface area contributed by atoms with Crippen LogP contribution >= 0.6 is 11.3 Å². The van der Waals surface area contributed by atoms with Gasteiger partial charge in [-0.2, -0.15) is 0 Å². The van der Waals surface area contributed by atoms with Gasteiger partial charge in [0.15, 0.2) is 17.9 Å². The number of hydrogen-bond donors (Lipinski definition) is 1. The normalized spacial score (nSPS) is 10.2. The Kier molecular flexibility index (Phi) is 3.10. The van der Waals surface area contributed by atoms with Crippen LogP contribution in [0.25, 0.3) is 10.4 Å². The summed E-state index contributed by atoms with van der Waals surface area (Å²) in [6.07, 6.45) is 0.732. The van der Waals surface area contributed by atoms with Crippen molar-refractivity contribution in [1.82, 2.24) is 0 Å². The number of thiophene rings is 1. The quantitative estimate of drug-likeness (QED) is 0.674. The molecule has 2 rings (SSSR count). The van der Waals surface area contributed by atoms with Gasteiger partial charge in [0.25, 0.3) is 0 Å². The van der Waals surface area contributed by atoms with Gasteiger partial charge in [0, 0.05) is 22.2 Å². The molecule has 17 heavy (non-hydrogen) atoms. The van der Waals surface area contributed by atoms with Gasteiger partial charge in [-0.1, -0.05) is 0 Å². The monoisotopic (exact) mass is 251 g/mol. The summed E-state index contributed by atoms with van der Waals surface area (Å²) in [4.78, 5) is 11.8. The fourth-order valence-corrected chi connectivity index (χ4v) is 2.34. The Hall–Kier alpha value is -1.88. The van der Waals surface area contributed by atoms with Gasteiger partial charge in [-0.25, -0.2) is 4.39 Å². The number of nitrogens with two attached hydrogens (primary N) is 1. The molecule has 0 aliphatic carbocycles. The van der Waals surface area contributed by atoms with Crippen molar-refractivity contribution in [3.05, 3.63) is 35.0 Å². The minimum atomic E-state index is -0.471. The van der Waals surface area contributed by atoms with Crippen molar-refractivity contribution < 1.29 is 13.9 Å². The van der Waals surface area contributed by atoms with E-state index in [1.807, 2.05) is 0 Å². The number of benzene rings is 1. The number of carbonyl (C=O) groups is 1. The maximum atomic E-state index is 14.0. The second-order valence-corrected chi connectivity index (χ2v) is 4.52. The first-order valence-corrected chi connectivity index (χ1v) is 5.65. The van der Waals surface area contributed by atoms with E-state index in [2.05, 4.69) is 0 Å². The molecule has 0 aliphatic rings. The van der Waals surface area contributed by atoms with Gasteiger partial charge >= 0.3 is 0 Å². The van der Waals surface area contributed by atoms with Gasteiger partial charge in [0.1, 0.15) is 0 Å². The lowest BCUT2D eigenvalue weighted by atomic mass is 10.1. The second kappa shape index (κ2) is 4.55. The third kappa shape index (κ3) is 2.14. The molecule has 0 amide bonds. The minimum absolute atomic E-state index is 0.0982. The Balaban J connectivity index is 2.58. The highest BCUT2D eigenvalue weighted by molar-refractivity contribution is 7.17. The summed E-state index contributed by atoms with van der Waals surface area (Å²) in [7, 11) is 1.38. The molecule has 0 saturated heterocycles. The fourth-order valence-electron chi connectivity index (χ4n) is 1.51. The van der Waals surface area contributed by atoms with Crippen LogP contribution in [0.15, 0.2) is 24.3 Å². The topological polar surface area (TPSA) is 52.3 Å². The zero-order valence-corrected chi connectivity index (χ0v) is 9.88. The Morgan fingerprint density at radius 2 is 2.18 bits per heavy atom. The van der Waals surface area contributed by atoms with Crippen LogP contribution in [-0.4, -0.2) is 13.4 Å². The molecule has 0 bridgehead atoms. The molecule has 1 aromatic heterocycles. The number of halogens is 1. The van der Waals surface area contributed by atoms with Gasteiger partial charge in [-0.3, -0.25) is 4.79 Å². The lowest BCUT2D eigenvalue weighted by Crippen LogP contribution is -1.94. The summed E-state index contributed by atoms with van der Waals surface area (Å²) in [6.45, 7) is 0. The maximum Gasteiger partial charge on any atom is 0.173 e. The summed E-state index contributed by atoms with van der Waals surface area (Å²) in [5.74, 6) is -0.373. The van der Waals surface area contributed by atoms with E-state index < -0.39 is 5.82 Å². The number of aldehydes is 1. The predicted octanol–water partition coefficient (Wildman–Crippen LogP) is 2.96. The number of rotatable bonds is 3. The molecular formula is C12H10FNO2S. The number of hydrogen-bond acceptors (Lipinski definition) is 4. The summed E-state index contributed by atoms with van der Waals surface area (Å²) in [6, 6.07) is 6.28. The first-order chi connectivity index (χ1) is 8.15. The first kappa shape index (κ1) is 11.6. The second-order valence-electron chi connectivity index (χ2n) is 3.40. The van der Waals surface area contributed by atoms with E-state index in [9.17, 15) is 9.18 Å². The zero-order valence-electron chi connectivity index (χ0n) is 9.07. The predicted molar refractivity (Wildman–Crippen MR) is 66.1 cm³/mol. The number of methoxy groups -OCH3 is 1. The molecule has 0 unspecified atom stereocenters. The molecule has 0 atom stereocenters. The van der Waals surface area contributed by atoms with E-state index in [4.69, 9.17) is 10.5 Å². The molecule has 88 valence electrons. The van der Waals surface area contributed by atoms with Gasteiger partial charge in [-0.05, 0) is 18.2 Å². The summed E-state index contributed by atoms with van der Waals surface area (Å²) in [5.41, 5.74) is 6.43. The van der Waals surface area contributed by atoms with Crippen molar-refractivity contribution in [2.24, 2.45) is 0 Å². The van der Waals surface area contributed by atoms with E-state index in [0.29, 0.717) is 21.0 Å². The molecule has 0 spiro atoms. The van der Waals surface area contributed by atoms with E-state index in [1.54, 1.807) is 12.1 Å². The highest BCUT2D eigenvalue weighted by Gasteiger charge is 2.13. The molecular weight excluding hydrogens is 241 g/mol. The lowest BCUT2D eigenvalue weighted by molar-refractivity contribution is 0.112. The molecule has 0 radical (unpaired) electrons. The third-order valence-electron chi connectivity index (χ3n) is 2.29.